The molecule has 3 aromatic carbocycles. The van der Waals surface area contributed by atoms with E-state index in [0.29, 0.717) is 17.5 Å². The first-order chi connectivity index (χ1) is 14.9. The van der Waals surface area contributed by atoms with E-state index in [4.69, 9.17) is 9.15 Å². The van der Waals surface area contributed by atoms with Crippen LogP contribution in [0.2, 0.25) is 0 Å². The molecule has 6 nitrogen and oxygen atoms in total. The predicted octanol–water partition coefficient (Wildman–Crippen LogP) is 4.55. The molecule has 0 atom stereocenters. The van der Waals surface area contributed by atoms with E-state index in [1.807, 2.05) is 44.2 Å². The minimum Gasteiger partial charge on any atom is -0.423 e. The highest BCUT2D eigenvalue weighted by molar-refractivity contribution is 6.05. The highest BCUT2D eigenvalue weighted by Crippen LogP contribution is 2.24. The fourth-order valence-corrected chi connectivity index (χ4v) is 3.27. The van der Waals surface area contributed by atoms with Crippen LogP contribution in [0.3, 0.4) is 0 Å². The maximum absolute atomic E-state index is 12.7. The van der Waals surface area contributed by atoms with Gasteiger partial charge in [-0.05, 0) is 41.0 Å². The Morgan fingerprint density at radius 2 is 1.71 bits per heavy atom. The molecule has 0 aliphatic rings. The minimum absolute atomic E-state index is 0.0614. The van der Waals surface area contributed by atoms with Gasteiger partial charge in [0.15, 0.2) is 0 Å². The molecule has 0 bridgehead atoms. The average Bonchev–Trinajstić information content (AvgIpc) is 2.76. The van der Waals surface area contributed by atoms with Gasteiger partial charge in [-0.25, -0.2) is 9.59 Å². The SMILES string of the molecule is CC(C)CNC(=O)c1cc2ccc(OC(=O)c3cccc4ccccc34)cc2oc1=O. The average molecular weight is 415 g/mol. The van der Waals surface area contributed by atoms with E-state index in [9.17, 15) is 14.4 Å². The van der Waals surface area contributed by atoms with E-state index in [-0.39, 0.29) is 22.8 Å². The van der Waals surface area contributed by atoms with Gasteiger partial charge in [-0.3, -0.25) is 4.79 Å². The number of esters is 1. The maximum Gasteiger partial charge on any atom is 0.349 e. The quantitative estimate of drug-likeness (QED) is 0.294. The lowest BCUT2D eigenvalue weighted by atomic mass is 10.0. The van der Waals surface area contributed by atoms with Crippen LogP contribution < -0.4 is 15.7 Å². The lowest BCUT2D eigenvalue weighted by Gasteiger charge is -2.09. The molecule has 1 aromatic heterocycles. The number of nitrogens with one attached hydrogen (secondary N) is 1. The largest absolute Gasteiger partial charge is 0.423 e. The lowest BCUT2D eigenvalue weighted by Crippen LogP contribution is -2.31. The van der Waals surface area contributed by atoms with Gasteiger partial charge in [-0.15, -0.1) is 0 Å². The number of rotatable bonds is 5. The van der Waals surface area contributed by atoms with Gasteiger partial charge in [0.05, 0.1) is 5.56 Å². The summed E-state index contributed by atoms with van der Waals surface area (Å²) >= 11 is 0. The number of benzene rings is 3. The fourth-order valence-electron chi connectivity index (χ4n) is 3.27. The van der Waals surface area contributed by atoms with Gasteiger partial charge in [-0.1, -0.05) is 50.2 Å². The maximum atomic E-state index is 12.7. The highest BCUT2D eigenvalue weighted by Gasteiger charge is 2.16. The first-order valence-corrected chi connectivity index (χ1v) is 9.98. The second-order valence-corrected chi connectivity index (χ2v) is 7.67. The minimum atomic E-state index is -0.744. The molecule has 0 radical (unpaired) electrons. The van der Waals surface area contributed by atoms with Crippen LogP contribution in [0.5, 0.6) is 5.75 Å². The van der Waals surface area contributed by atoms with E-state index in [1.54, 1.807) is 24.3 Å². The molecule has 1 amide bonds. The number of ether oxygens (including phenoxy) is 1. The van der Waals surface area contributed by atoms with E-state index in [0.717, 1.165) is 10.8 Å². The molecule has 0 aliphatic heterocycles. The molecular weight excluding hydrogens is 394 g/mol. The van der Waals surface area contributed by atoms with Crippen molar-refractivity contribution in [2.75, 3.05) is 6.54 Å². The third-order valence-corrected chi connectivity index (χ3v) is 4.84. The van der Waals surface area contributed by atoms with Crippen molar-refractivity contribution in [3.8, 4) is 5.75 Å². The lowest BCUT2D eigenvalue weighted by molar-refractivity contribution is 0.0736. The highest BCUT2D eigenvalue weighted by atomic mass is 16.5. The van der Waals surface area contributed by atoms with Crippen molar-refractivity contribution in [1.29, 1.82) is 0 Å². The summed E-state index contributed by atoms with van der Waals surface area (Å²) in [4.78, 5) is 37.3. The summed E-state index contributed by atoms with van der Waals surface area (Å²) in [6.07, 6.45) is 0. The van der Waals surface area contributed by atoms with Crippen molar-refractivity contribution in [1.82, 2.24) is 5.32 Å². The summed E-state index contributed by atoms with van der Waals surface area (Å²) in [5.74, 6) is -0.486. The number of fused-ring (bicyclic) bond motifs is 2. The topological polar surface area (TPSA) is 85.6 Å². The van der Waals surface area contributed by atoms with Crippen molar-refractivity contribution in [3.05, 3.63) is 88.3 Å². The zero-order valence-corrected chi connectivity index (χ0v) is 17.2. The van der Waals surface area contributed by atoms with Crippen LogP contribution in [-0.2, 0) is 0 Å². The zero-order chi connectivity index (χ0) is 22.0. The summed E-state index contributed by atoms with van der Waals surface area (Å²) in [5.41, 5.74) is -0.134. The van der Waals surface area contributed by atoms with E-state index in [2.05, 4.69) is 5.32 Å². The van der Waals surface area contributed by atoms with Gasteiger partial charge >= 0.3 is 11.6 Å². The Morgan fingerprint density at radius 3 is 2.52 bits per heavy atom. The summed E-state index contributed by atoms with van der Waals surface area (Å²) in [5, 5.41) is 4.99. The third kappa shape index (κ3) is 4.33. The molecule has 6 heteroatoms. The molecule has 156 valence electrons. The summed E-state index contributed by atoms with van der Waals surface area (Å²) < 4.78 is 10.8. The van der Waals surface area contributed by atoms with Crippen LogP contribution in [0.15, 0.2) is 75.9 Å². The van der Waals surface area contributed by atoms with Crippen molar-refractivity contribution >= 4 is 33.6 Å². The van der Waals surface area contributed by atoms with Crippen LogP contribution in [0.1, 0.15) is 34.6 Å². The van der Waals surface area contributed by atoms with Crippen LogP contribution in [0, 0.1) is 5.92 Å². The van der Waals surface area contributed by atoms with Crippen molar-refractivity contribution < 1.29 is 18.7 Å². The first-order valence-electron chi connectivity index (χ1n) is 9.98. The van der Waals surface area contributed by atoms with E-state index < -0.39 is 17.5 Å². The third-order valence-electron chi connectivity index (χ3n) is 4.84. The smallest absolute Gasteiger partial charge is 0.349 e. The van der Waals surface area contributed by atoms with Crippen molar-refractivity contribution in [2.24, 2.45) is 5.92 Å². The van der Waals surface area contributed by atoms with Gasteiger partial charge in [-0.2, -0.15) is 0 Å². The number of hydrogen-bond acceptors (Lipinski definition) is 5. The number of amides is 1. The zero-order valence-electron chi connectivity index (χ0n) is 17.2. The number of hydrogen-bond donors (Lipinski definition) is 1. The van der Waals surface area contributed by atoms with Crippen LogP contribution >= 0.6 is 0 Å². The van der Waals surface area contributed by atoms with Crippen molar-refractivity contribution in [2.45, 2.75) is 13.8 Å². The second kappa shape index (κ2) is 8.44. The van der Waals surface area contributed by atoms with Gasteiger partial charge in [0.25, 0.3) is 5.91 Å². The second-order valence-electron chi connectivity index (χ2n) is 7.67. The monoisotopic (exact) mass is 415 g/mol. The molecular formula is C25H21NO5. The molecule has 31 heavy (non-hydrogen) atoms. The predicted molar refractivity (Wildman–Crippen MR) is 119 cm³/mol. The van der Waals surface area contributed by atoms with Crippen molar-refractivity contribution in [3.63, 3.8) is 0 Å². The molecule has 1 heterocycles. The molecule has 0 unspecified atom stereocenters. The molecule has 0 saturated carbocycles. The van der Waals surface area contributed by atoms with Crippen LogP contribution in [-0.4, -0.2) is 18.4 Å². The Bertz CT molecular complexity index is 1350. The molecule has 4 rings (SSSR count). The Morgan fingerprint density at radius 1 is 0.935 bits per heavy atom. The molecule has 4 aromatic rings. The standard InChI is InChI=1S/C25H21NO5/c1-15(2)14-26-23(27)21-12-17-10-11-18(13-22(17)31-25(21)29)30-24(28)20-9-5-7-16-6-3-4-8-19(16)20/h3-13,15H,14H2,1-2H3,(H,26,27). The summed E-state index contributed by atoms with van der Waals surface area (Å²) in [7, 11) is 0. The summed E-state index contributed by atoms with van der Waals surface area (Å²) in [6.45, 7) is 4.38. The Balaban J connectivity index is 1.61. The molecule has 1 N–H and O–H groups in total. The van der Waals surface area contributed by atoms with Gasteiger partial charge in [0.2, 0.25) is 0 Å². The van der Waals surface area contributed by atoms with Gasteiger partial charge in [0.1, 0.15) is 16.9 Å². The van der Waals surface area contributed by atoms with E-state index >= 15 is 0 Å². The Labute approximate surface area is 178 Å². The molecule has 0 spiro atoms. The Hall–Kier alpha value is -3.93. The number of carbonyl (C=O) groups excluding carboxylic acids is 2. The molecule has 0 aliphatic carbocycles. The first kappa shape index (κ1) is 20.3. The Kier molecular flexibility index (Phi) is 5.54. The summed E-state index contributed by atoms with van der Waals surface area (Å²) in [6, 6.07) is 19.2. The number of carbonyl (C=O) groups is 2. The van der Waals surface area contributed by atoms with Crippen LogP contribution in [0.25, 0.3) is 21.7 Å². The van der Waals surface area contributed by atoms with Gasteiger partial charge < -0.3 is 14.5 Å². The molecule has 0 saturated heterocycles. The van der Waals surface area contributed by atoms with E-state index in [1.165, 1.54) is 12.1 Å². The van der Waals surface area contributed by atoms with Crippen LogP contribution in [0.4, 0.5) is 0 Å². The van der Waals surface area contributed by atoms with Gasteiger partial charge in [0, 0.05) is 18.0 Å². The normalized spacial score (nSPS) is 11.1. The fraction of sp³-hybridized carbons (Fsp3) is 0.160. The molecule has 0 fully saturated rings.